The van der Waals surface area contributed by atoms with Crippen molar-refractivity contribution in [2.24, 2.45) is 4.99 Å². The number of para-hydroxylation sites is 1. The molecule has 2 aromatic carbocycles. The Kier molecular flexibility index (Phi) is 4.67. The van der Waals surface area contributed by atoms with Crippen molar-refractivity contribution in [3.05, 3.63) is 64.6 Å². The molecule has 0 fully saturated rings. The maximum absolute atomic E-state index is 4.91. The minimum absolute atomic E-state index is 0.373. The SMILES string of the molecule is C[C@H](c1cc(-c2ccc(Br)cc2)nc2ccccc12)[C@H]1CCCC=N1. The van der Waals surface area contributed by atoms with E-state index in [1.54, 1.807) is 0 Å². The number of fused-ring (bicyclic) bond motifs is 1. The van der Waals surface area contributed by atoms with Crippen molar-refractivity contribution in [2.75, 3.05) is 0 Å². The number of aromatic nitrogens is 1. The van der Waals surface area contributed by atoms with E-state index in [0.29, 0.717) is 12.0 Å². The zero-order valence-electron chi connectivity index (χ0n) is 14.3. The van der Waals surface area contributed by atoms with Gasteiger partial charge in [0.1, 0.15) is 0 Å². The summed E-state index contributed by atoms with van der Waals surface area (Å²) in [4.78, 5) is 9.68. The van der Waals surface area contributed by atoms with Gasteiger partial charge in [-0.3, -0.25) is 4.99 Å². The van der Waals surface area contributed by atoms with Gasteiger partial charge in [0.15, 0.2) is 0 Å². The van der Waals surface area contributed by atoms with Gasteiger partial charge in [-0.15, -0.1) is 0 Å². The molecule has 0 radical (unpaired) electrons. The summed E-state index contributed by atoms with van der Waals surface area (Å²) in [6.45, 7) is 2.31. The van der Waals surface area contributed by atoms with E-state index in [2.05, 4.69) is 83.7 Å². The van der Waals surface area contributed by atoms with E-state index in [1.165, 1.54) is 23.8 Å². The van der Waals surface area contributed by atoms with Crippen molar-refractivity contribution >= 4 is 33.0 Å². The second-order valence-corrected chi connectivity index (χ2v) is 7.66. The van der Waals surface area contributed by atoms with Gasteiger partial charge in [0, 0.05) is 21.3 Å². The highest BCUT2D eigenvalue weighted by atomic mass is 79.9. The number of pyridine rings is 1. The molecule has 4 rings (SSSR count). The highest BCUT2D eigenvalue weighted by Crippen LogP contribution is 2.34. The van der Waals surface area contributed by atoms with Crippen molar-refractivity contribution in [3.63, 3.8) is 0 Å². The predicted octanol–water partition coefficient (Wildman–Crippen LogP) is 6.39. The van der Waals surface area contributed by atoms with Crippen LogP contribution in [0.3, 0.4) is 0 Å². The zero-order chi connectivity index (χ0) is 17.2. The van der Waals surface area contributed by atoms with Gasteiger partial charge in [-0.25, -0.2) is 4.98 Å². The molecule has 25 heavy (non-hydrogen) atoms. The van der Waals surface area contributed by atoms with Gasteiger partial charge in [0.05, 0.1) is 17.3 Å². The Hall–Kier alpha value is -2.00. The molecule has 2 heterocycles. The molecule has 0 spiro atoms. The number of hydrogen-bond donors (Lipinski definition) is 0. The molecule has 2 atom stereocenters. The first-order valence-electron chi connectivity index (χ1n) is 8.89. The van der Waals surface area contributed by atoms with Crippen LogP contribution in [0.1, 0.15) is 37.7 Å². The minimum atomic E-state index is 0.373. The summed E-state index contributed by atoms with van der Waals surface area (Å²) in [5, 5.41) is 1.25. The number of nitrogens with zero attached hydrogens (tertiary/aromatic N) is 2. The fourth-order valence-electron chi connectivity index (χ4n) is 3.64. The van der Waals surface area contributed by atoms with Crippen LogP contribution < -0.4 is 0 Å². The van der Waals surface area contributed by atoms with Crippen LogP contribution in [-0.2, 0) is 0 Å². The van der Waals surface area contributed by atoms with Crippen LogP contribution in [-0.4, -0.2) is 17.2 Å². The molecule has 126 valence electrons. The molecule has 1 aromatic heterocycles. The largest absolute Gasteiger partial charge is 0.294 e. The Morgan fingerprint density at radius 2 is 1.88 bits per heavy atom. The van der Waals surface area contributed by atoms with E-state index in [9.17, 15) is 0 Å². The Balaban J connectivity index is 1.85. The van der Waals surface area contributed by atoms with E-state index >= 15 is 0 Å². The summed E-state index contributed by atoms with van der Waals surface area (Å²) in [6.07, 6.45) is 5.62. The van der Waals surface area contributed by atoms with Crippen LogP contribution in [0.25, 0.3) is 22.2 Å². The molecule has 3 aromatic rings. The van der Waals surface area contributed by atoms with Gasteiger partial charge in [-0.05, 0) is 55.3 Å². The summed E-state index contributed by atoms with van der Waals surface area (Å²) in [6, 6.07) is 19.5. The molecule has 0 unspecified atom stereocenters. The molecule has 0 saturated carbocycles. The maximum Gasteiger partial charge on any atom is 0.0712 e. The van der Waals surface area contributed by atoms with E-state index in [1.807, 2.05) is 0 Å². The average Bonchev–Trinajstić information content (AvgIpc) is 2.68. The maximum atomic E-state index is 4.91. The number of aliphatic imine (C=N–C) groups is 1. The molecule has 1 aliphatic heterocycles. The number of halogens is 1. The Bertz CT molecular complexity index is 915. The Labute approximate surface area is 157 Å². The van der Waals surface area contributed by atoms with Crippen LogP contribution >= 0.6 is 15.9 Å². The Morgan fingerprint density at radius 3 is 2.64 bits per heavy atom. The fraction of sp³-hybridized carbons (Fsp3) is 0.273. The van der Waals surface area contributed by atoms with Crippen molar-refractivity contribution in [3.8, 4) is 11.3 Å². The van der Waals surface area contributed by atoms with Crippen molar-refractivity contribution in [1.29, 1.82) is 0 Å². The summed E-state index contributed by atoms with van der Waals surface area (Å²) in [7, 11) is 0. The summed E-state index contributed by atoms with van der Waals surface area (Å²) >= 11 is 3.51. The average molecular weight is 393 g/mol. The summed E-state index contributed by atoms with van der Waals surface area (Å²) in [5.41, 5.74) is 4.60. The first-order valence-corrected chi connectivity index (χ1v) is 9.69. The summed E-state index contributed by atoms with van der Waals surface area (Å²) in [5.74, 6) is 0.388. The number of rotatable bonds is 3. The highest BCUT2D eigenvalue weighted by molar-refractivity contribution is 9.10. The topological polar surface area (TPSA) is 25.2 Å². The van der Waals surface area contributed by atoms with Gasteiger partial charge in [-0.2, -0.15) is 0 Å². The van der Waals surface area contributed by atoms with Crippen molar-refractivity contribution in [1.82, 2.24) is 4.98 Å². The zero-order valence-corrected chi connectivity index (χ0v) is 15.9. The van der Waals surface area contributed by atoms with Gasteiger partial charge in [-0.1, -0.05) is 53.2 Å². The lowest BCUT2D eigenvalue weighted by Crippen LogP contribution is -2.17. The second kappa shape index (κ2) is 7.09. The van der Waals surface area contributed by atoms with Crippen molar-refractivity contribution in [2.45, 2.75) is 38.1 Å². The van der Waals surface area contributed by atoms with Gasteiger partial charge in [0.25, 0.3) is 0 Å². The van der Waals surface area contributed by atoms with Crippen LogP contribution in [0.5, 0.6) is 0 Å². The normalized spacial score (nSPS) is 18.4. The van der Waals surface area contributed by atoms with E-state index in [-0.39, 0.29) is 0 Å². The van der Waals surface area contributed by atoms with Crippen LogP contribution in [0.2, 0.25) is 0 Å². The predicted molar refractivity (Wildman–Crippen MR) is 109 cm³/mol. The second-order valence-electron chi connectivity index (χ2n) is 6.74. The van der Waals surface area contributed by atoms with Gasteiger partial charge < -0.3 is 0 Å². The fourth-order valence-corrected chi connectivity index (χ4v) is 3.90. The standard InChI is InChI=1S/C22H21BrN2/c1-15(20-7-4-5-13-24-20)19-14-22(16-9-11-17(23)12-10-16)25-21-8-3-2-6-18(19)21/h2-3,6,8-15,20H,4-5,7H2,1H3/t15-,20-/m1/s1. The van der Waals surface area contributed by atoms with E-state index < -0.39 is 0 Å². The Morgan fingerprint density at radius 1 is 1.08 bits per heavy atom. The molecule has 0 bridgehead atoms. The third-order valence-corrected chi connectivity index (χ3v) is 5.61. The molecule has 0 amide bonds. The van der Waals surface area contributed by atoms with Crippen LogP contribution in [0, 0.1) is 0 Å². The van der Waals surface area contributed by atoms with E-state index in [4.69, 9.17) is 9.98 Å². The van der Waals surface area contributed by atoms with Gasteiger partial charge in [0.2, 0.25) is 0 Å². The molecule has 1 aliphatic rings. The first kappa shape index (κ1) is 16.5. The highest BCUT2D eigenvalue weighted by Gasteiger charge is 2.22. The molecule has 0 aliphatic carbocycles. The third kappa shape index (κ3) is 3.38. The monoisotopic (exact) mass is 392 g/mol. The lowest BCUT2D eigenvalue weighted by molar-refractivity contribution is 0.506. The lowest BCUT2D eigenvalue weighted by atomic mass is 9.86. The molecular weight excluding hydrogens is 372 g/mol. The third-order valence-electron chi connectivity index (χ3n) is 5.09. The van der Waals surface area contributed by atoms with Crippen LogP contribution in [0.4, 0.5) is 0 Å². The molecule has 0 saturated heterocycles. The van der Waals surface area contributed by atoms with Gasteiger partial charge >= 0.3 is 0 Å². The molecule has 2 nitrogen and oxygen atoms in total. The first-order chi connectivity index (χ1) is 12.2. The molecular formula is C22H21BrN2. The molecule has 0 N–H and O–H groups in total. The van der Waals surface area contributed by atoms with Crippen LogP contribution in [0.15, 0.2) is 64.1 Å². The van der Waals surface area contributed by atoms with Crippen molar-refractivity contribution < 1.29 is 0 Å². The molecule has 3 heteroatoms. The quantitative estimate of drug-likeness (QED) is 0.506. The number of benzene rings is 2. The van der Waals surface area contributed by atoms with E-state index in [0.717, 1.165) is 27.7 Å². The smallest absolute Gasteiger partial charge is 0.0712 e. The minimum Gasteiger partial charge on any atom is -0.294 e. The summed E-state index contributed by atoms with van der Waals surface area (Å²) < 4.78 is 1.09. The number of hydrogen-bond acceptors (Lipinski definition) is 2. The lowest BCUT2D eigenvalue weighted by Gasteiger charge is -2.24.